The molecule has 6 nitrogen and oxygen atoms in total. The number of carbonyl (C=O) groups excluding carboxylic acids is 1. The quantitative estimate of drug-likeness (QED) is 0.387. The van der Waals surface area contributed by atoms with Gasteiger partial charge in [-0.1, -0.05) is 12.1 Å². The summed E-state index contributed by atoms with van der Waals surface area (Å²) in [6.45, 7) is 3.94. The van der Waals surface area contributed by atoms with E-state index in [9.17, 15) is 4.79 Å². The molecule has 0 bridgehead atoms. The zero-order valence-electron chi connectivity index (χ0n) is 15.2. The molecular formula is C18H30IN5O. The van der Waals surface area contributed by atoms with Crippen LogP contribution in [-0.2, 0) is 6.54 Å². The average molecular weight is 459 g/mol. The minimum absolute atomic E-state index is 0. The number of carbonyl (C=O) groups is 1. The molecule has 2 rings (SSSR count). The summed E-state index contributed by atoms with van der Waals surface area (Å²) in [7, 11) is 3.97. The number of nitrogens with zero attached hydrogens (tertiary/aromatic N) is 3. The third kappa shape index (κ3) is 7.60. The number of likely N-dealkylation sites (tertiary alicyclic amines) is 1. The van der Waals surface area contributed by atoms with Crippen LogP contribution in [0.4, 0.5) is 0 Å². The maximum Gasteiger partial charge on any atom is 0.251 e. The van der Waals surface area contributed by atoms with Crippen molar-refractivity contribution in [1.82, 2.24) is 15.1 Å². The zero-order valence-corrected chi connectivity index (χ0v) is 17.5. The maximum absolute atomic E-state index is 12.2. The summed E-state index contributed by atoms with van der Waals surface area (Å²) in [5.41, 5.74) is 7.74. The first kappa shape index (κ1) is 21.7. The lowest BCUT2D eigenvalue weighted by Crippen LogP contribution is -2.40. The molecule has 0 atom stereocenters. The standard InChI is InChI=1S/C18H29N5O.HI/c1-22(2)12-9-20-17(24)16-8-6-7-15(13-16)14-21-18(19)23-10-4-3-5-11-23;/h6-8,13H,3-5,9-12,14H2,1-2H3,(H2,19,21)(H,20,24);1H. The van der Waals surface area contributed by atoms with Gasteiger partial charge in [0.25, 0.3) is 5.91 Å². The van der Waals surface area contributed by atoms with Crippen molar-refractivity contribution in [2.24, 2.45) is 10.7 Å². The molecule has 1 fully saturated rings. The molecule has 1 aromatic rings. The average Bonchev–Trinajstić information content (AvgIpc) is 2.60. The molecule has 1 aromatic carbocycles. The Balaban J connectivity index is 0.00000312. The molecule has 0 radical (unpaired) electrons. The molecule has 1 aliphatic rings. The summed E-state index contributed by atoms with van der Waals surface area (Å²) >= 11 is 0. The second-order valence-electron chi connectivity index (χ2n) is 6.48. The Kier molecular flexibility index (Phi) is 9.81. The Hall–Kier alpha value is -1.35. The van der Waals surface area contributed by atoms with Crippen LogP contribution in [0.15, 0.2) is 29.3 Å². The number of amides is 1. The molecule has 25 heavy (non-hydrogen) atoms. The number of piperidine rings is 1. The number of halogens is 1. The third-order valence-corrected chi connectivity index (χ3v) is 4.14. The molecule has 7 heteroatoms. The van der Waals surface area contributed by atoms with E-state index in [2.05, 4.69) is 15.2 Å². The van der Waals surface area contributed by atoms with E-state index >= 15 is 0 Å². The highest BCUT2D eigenvalue weighted by molar-refractivity contribution is 14.0. The fourth-order valence-electron chi connectivity index (χ4n) is 2.70. The number of hydrogen-bond donors (Lipinski definition) is 2. The van der Waals surface area contributed by atoms with Crippen molar-refractivity contribution >= 4 is 35.8 Å². The smallest absolute Gasteiger partial charge is 0.251 e. The topological polar surface area (TPSA) is 74.0 Å². The van der Waals surface area contributed by atoms with Gasteiger partial charge in [0.2, 0.25) is 0 Å². The fourth-order valence-corrected chi connectivity index (χ4v) is 2.70. The van der Waals surface area contributed by atoms with Crippen molar-refractivity contribution in [3.8, 4) is 0 Å². The van der Waals surface area contributed by atoms with Gasteiger partial charge in [0.15, 0.2) is 5.96 Å². The van der Waals surface area contributed by atoms with Crippen LogP contribution in [0.2, 0.25) is 0 Å². The van der Waals surface area contributed by atoms with Gasteiger partial charge < -0.3 is 20.9 Å². The monoisotopic (exact) mass is 459 g/mol. The van der Waals surface area contributed by atoms with Gasteiger partial charge in [-0.05, 0) is 51.1 Å². The summed E-state index contributed by atoms with van der Waals surface area (Å²) < 4.78 is 0. The molecule has 1 amide bonds. The molecule has 1 aliphatic heterocycles. The number of hydrogen-bond acceptors (Lipinski definition) is 3. The second-order valence-corrected chi connectivity index (χ2v) is 6.48. The van der Waals surface area contributed by atoms with Crippen molar-refractivity contribution < 1.29 is 4.79 Å². The fraction of sp³-hybridized carbons (Fsp3) is 0.556. The number of aliphatic imine (C=N–C) groups is 1. The normalized spacial score (nSPS) is 15.0. The van der Waals surface area contributed by atoms with Crippen LogP contribution in [0.5, 0.6) is 0 Å². The summed E-state index contributed by atoms with van der Waals surface area (Å²) in [6, 6.07) is 7.58. The Morgan fingerprint density at radius 2 is 2.00 bits per heavy atom. The summed E-state index contributed by atoms with van der Waals surface area (Å²) in [5.74, 6) is 0.558. The van der Waals surface area contributed by atoms with E-state index < -0.39 is 0 Å². The van der Waals surface area contributed by atoms with E-state index in [-0.39, 0.29) is 29.9 Å². The Morgan fingerprint density at radius 3 is 2.68 bits per heavy atom. The summed E-state index contributed by atoms with van der Waals surface area (Å²) in [5, 5.41) is 2.92. The lowest BCUT2D eigenvalue weighted by Gasteiger charge is -2.27. The lowest BCUT2D eigenvalue weighted by atomic mass is 10.1. The van der Waals surface area contributed by atoms with E-state index in [1.165, 1.54) is 19.3 Å². The molecule has 1 saturated heterocycles. The molecule has 0 spiro atoms. The highest BCUT2D eigenvalue weighted by atomic mass is 127. The Labute approximate surface area is 167 Å². The Bertz CT molecular complexity index is 570. The molecule has 1 heterocycles. The molecule has 0 saturated carbocycles. The van der Waals surface area contributed by atoms with Crippen molar-refractivity contribution in [3.63, 3.8) is 0 Å². The van der Waals surface area contributed by atoms with Crippen LogP contribution in [0.1, 0.15) is 35.2 Å². The van der Waals surface area contributed by atoms with Gasteiger partial charge in [0.1, 0.15) is 0 Å². The van der Waals surface area contributed by atoms with Gasteiger partial charge >= 0.3 is 0 Å². The van der Waals surface area contributed by atoms with Crippen LogP contribution >= 0.6 is 24.0 Å². The van der Waals surface area contributed by atoms with E-state index in [0.717, 1.165) is 25.2 Å². The molecular weight excluding hydrogens is 429 g/mol. The predicted molar refractivity (Wildman–Crippen MR) is 113 cm³/mol. The van der Waals surface area contributed by atoms with Crippen LogP contribution < -0.4 is 11.1 Å². The van der Waals surface area contributed by atoms with E-state index in [1.54, 1.807) is 0 Å². The van der Waals surface area contributed by atoms with Crippen LogP contribution in [0, 0.1) is 0 Å². The number of nitrogens with one attached hydrogen (secondary N) is 1. The zero-order chi connectivity index (χ0) is 17.4. The van der Waals surface area contributed by atoms with Crippen molar-refractivity contribution in [2.45, 2.75) is 25.8 Å². The first-order chi connectivity index (χ1) is 11.6. The number of rotatable bonds is 6. The summed E-state index contributed by atoms with van der Waals surface area (Å²) in [4.78, 5) is 20.8. The first-order valence-corrected chi connectivity index (χ1v) is 8.63. The Morgan fingerprint density at radius 1 is 1.28 bits per heavy atom. The first-order valence-electron chi connectivity index (χ1n) is 8.63. The van der Waals surface area contributed by atoms with Gasteiger partial charge in [0, 0.05) is 31.7 Å². The third-order valence-electron chi connectivity index (χ3n) is 4.14. The predicted octanol–water partition coefficient (Wildman–Crippen LogP) is 1.90. The molecule has 0 aromatic heterocycles. The SMILES string of the molecule is CN(C)CCNC(=O)c1cccc(CN=C(N)N2CCCCC2)c1.I. The number of benzene rings is 1. The van der Waals surface area contributed by atoms with Gasteiger partial charge in [-0.2, -0.15) is 0 Å². The maximum atomic E-state index is 12.2. The number of nitrogens with two attached hydrogens (primary N) is 1. The number of guanidine groups is 1. The minimum Gasteiger partial charge on any atom is -0.370 e. The van der Waals surface area contributed by atoms with Crippen LogP contribution in [-0.4, -0.2) is 61.9 Å². The van der Waals surface area contributed by atoms with Crippen LogP contribution in [0.25, 0.3) is 0 Å². The summed E-state index contributed by atoms with van der Waals surface area (Å²) in [6.07, 6.45) is 3.63. The molecule has 140 valence electrons. The molecule has 0 unspecified atom stereocenters. The van der Waals surface area contributed by atoms with Gasteiger partial charge in [-0.15, -0.1) is 24.0 Å². The van der Waals surface area contributed by atoms with E-state index in [0.29, 0.717) is 24.6 Å². The van der Waals surface area contributed by atoms with Crippen molar-refractivity contribution in [2.75, 3.05) is 40.3 Å². The van der Waals surface area contributed by atoms with Gasteiger partial charge in [-0.25, -0.2) is 4.99 Å². The minimum atomic E-state index is -0.0494. The van der Waals surface area contributed by atoms with E-state index in [1.807, 2.05) is 43.3 Å². The lowest BCUT2D eigenvalue weighted by molar-refractivity contribution is 0.0951. The molecule has 0 aliphatic carbocycles. The van der Waals surface area contributed by atoms with Crippen molar-refractivity contribution in [1.29, 1.82) is 0 Å². The molecule has 3 N–H and O–H groups in total. The second kappa shape index (κ2) is 11.3. The largest absolute Gasteiger partial charge is 0.370 e. The van der Waals surface area contributed by atoms with Crippen molar-refractivity contribution in [3.05, 3.63) is 35.4 Å². The van der Waals surface area contributed by atoms with Crippen LogP contribution in [0.3, 0.4) is 0 Å². The highest BCUT2D eigenvalue weighted by Gasteiger charge is 2.12. The number of likely N-dealkylation sites (N-methyl/N-ethyl adjacent to an activating group) is 1. The van der Waals surface area contributed by atoms with E-state index in [4.69, 9.17) is 5.73 Å². The van der Waals surface area contributed by atoms with Gasteiger partial charge in [0.05, 0.1) is 6.54 Å². The highest BCUT2D eigenvalue weighted by Crippen LogP contribution is 2.10. The van der Waals surface area contributed by atoms with Gasteiger partial charge in [-0.3, -0.25) is 4.79 Å².